The van der Waals surface area contributed by atoms with E-state index in [0.29, 0.717) is 19.6 Å². The third-order valence-electron chi connectivity index (χ3n) is 13.7. The average Bonchev–Trinajstić information content (AvgIpc) is 3.25. The van der Waals surface area contributed by atoms with Crippen LogP contribution in [0.4, 0.5) is 0 Å². The van der Waals surface area contributed by atoms with Crippen molar-refractivity contribution in [2.45, 2.75) is 175 Å². The first-order chi connectivity index (χ1) is 31.1. The Bertz CT molecular complexity index is 2050. The van der Waals surface area contributed by atoms with Crippen LogP contribution < -0.4 is 15.7 Å². The second-order valence-electron chi connectivity index (χ2n) is 22.4. The van der Waals surface area contributed by atoms with E-state index in [1.165, 1.54) is 0 Å². The second-order valence-corrected chi connectivity index (χ2v) is 36.2. The zero-order valence-corrected chi connectivity index (χ0v) is 47.4. The molecule has 0 saturated heterocycles. The summed E-state index contributed by atoms with van der Waals surface area (Å²) >= 11 is 0. The van der Waals surface area contributed by atoms with Crippen LogP contribution in [0.2, 0.25) is 41.3 Å². The molecule has 3 aromatic rings. The van der Waals surface area contributed by atoms with Crippen LogP contribution in [-0.2, 0) is 34.2 Å². The molecule has 368 valence electrons. The number of amides is 1. The van der Waals surface area contributed by atoms with Crippen molar-refractivity contribution in [2.75, 3.05) is 6.61 Å². The van der Waals surface area contributed by atoms with Gasteiger partial charge in [-0.05, 0) is 90.9 Å². The number of carbonyl (C=O) groups is 2. The Hall–Kier alpha value is -3.75. The minimum absolute atomic E-state index is 0.0154. The van der Waals surface area contributed by atoms with Gasteiger partial charge in [0, 0.05) is 12.5 Å². The molecule has 3 aromatic carbocycles. The Morgan fingerprint density at radius 3 is 1.58 bits per heavy atom. The fourth-order valence-corrected chi connectivity index (χ4v) is 14.6. The summed E-state index contributed by atoms with van der Waals surface area (Å²) < 4.78 is 27.2. The van der Waals surface area contributed by atoms with Crippen molar-refractivity contribution in [1.29, 1.82) is 0 Å². The van der Waals surface area contributed by atoms with Gasteiger partial charge in [0.05, 0.1) is 24.9 Å². The van der Waals surface area contributed by atoms with Crippen LogP contribution in [0.5, 0.6) is 0 Å². The zero-order chi connectivity index (χ0) is 50.3. The van der Waals surface area contributed by atoms with E-state index in [-0.39, 0.29) is 33.2 Å². The number of ether oxygens (including phenoxy) is 1. The second kappa shape index (κ2) is 25.2. The quantitative estimate of drug-likeness (QED) is 0.0417. The molecule has 10 heteroatoms. The maximum atomic E-state index is 14.2. The highest BCUT2D eigenvalue weighted by Crippen LogP contribution is 2.40. The molecule has 0 spiro atoms. The van der Waals surface area contributed by atoms with E-state index in [4.69, 9.17) is 18.0 Å². The molecule has 1 amide bonds. The van der Waals surface area contributed by atoms with Crippen LogP contribution >= 0.6 is 0 Å². The van der Waals surface area contributed by atoms with Crippen molar-refractivity contribution in [3.05, 3.63) is 144 Å². The van der Waals surface area contributed by atoms with Gasteiger partial charge in [0.1, 0.15) is 12.4 Å². The first-order valence-electron chi connectivity index (χ1n) is 24.4. The molecular formula is C57H87NO6Si3. The standard InChI is InChI=1S/C57H87NO6Si3/c1-44(34-37-50(64-66(16,17)56(8,9)10)39-40-61-43-48-27-21-18-22-28-48)33-36-49(63-65(14,15)55(5,6)7)38-35-45(2)41-53(46(3)42-59)58-54(60)47(4)62-67(57(11,12)13,51-29-23-19-24-30-51)52-31-25-20-26-32-52/h18-35,37-38,41-42,46-47,49-50,53H,36,39-40,43H2,1-17H3,(H,58,60)/b37-34+,38-35+,44-33+,45-41+/t46-,47+,49+,50-,53+/m1/s1. The van der Waals surface area contributed by atoms with E-state index in [0.717, 1.165) is 39.8 Å². The number of benzene rings is 3. The SMILES string of the molecule is CC(/C=C/[C@H](CCOCc1ccccc1)O[Si](C)(C)C(C)(C)C)=C\C[C@@H](/C=C/C(C)=C/[C@H](NC(=O)[C@H](C)O[Si](c1ccccc1)(c1ccccc1)C(C)(C)C)[C@H](C)C=O)O[Si](C)(C)C(C)(C)C. The van der Waals surface area contributed by atoms with Crippen molar-refractivity contribution < 1.29 is 27.6 Å². The van der Waals surface area contributed by atoms with Crippen molar-refractivity contribution in [3.8, 4) is 0 Å². The summed E-state index contributed by atoms with van der Waals surface area (Å²) in [5, 5.41) is 5.19. The molecule has 7 nitrogen and oxygen atoms in total. The summed E-state index contributed by atoms with van der Waals surface area (Å²) in [5.41, 5.74) is 3.22. The Balaban J connectivity index is 1.88. The molecule has 0 radical (unpaired) electrons. The summed E-state index contributed by atoms with van der Waals surface area (Å²) in [6.07, 6.45) is 14.1. The van der Waals surface area contributed by atoms with Crippen LogP contribution in [-0.4, -0.2) is 68.1 Å². The van der Waals surface area contributed by atoms with Crippen LogP contribution in [0.15, 0.2) is 139 Å². The third kappa shape index (κ3) is 17.3. The smallest absolute Gasteiger partial charge is 0.262 e. The molecule has 0 aliphatic carbocycles. The molecule has 67 heavy (non-hydrogen) atoms. The molecule has 0 heterocycles. The lowest BCUT2D eigenvalue weighted by molar-refractivity contribution is -0.128. The van der Waals surface area contributed by atoms with E-state index in [9.17, 15) is 9.59 Å². The minimum atomic E-state index is -3.00. The normalized spacial score (nSPS) is 16.2. The molecule has 0 aromatic heterocycles. The van der Waals surface area contributed by atoms with Crippen LogP contribution in [0.25, 0.3) is 0 Å². The molecule has 0 aliphatic rings. The average molecular weight is 967 g/mol. The first kappa shape index (κ1) is 57.6. The van der Waals surface area contributed by atoms with Gasteiger partial charge in [0.15, 0.2) is 16.6 Å². The largest absolute Gasteiger partial charge is 0.410 e. The Kier molecular flexibility index (Phi) is 21.7. The Labute approximate surface area is 410 Å². The number of nitrogens with one attached hydrogen (secondary N) is 1. The van der Waals surface area contributed by atoms with E-state index in [2.05, 4.69) is 168 Å². The number of carbonyl (C=O) groups excluding carboxylic acids is 2. The number of rotatable bonds is 24. The summed E-state index contributed by atoms with van der Waals surface area (Å²) in [6, 6.07) is 30.4. The van der Waals surface area contributed by atoms with Gasteiger partial charge >= 0.3 is 0 Å². The summed E-state index contributed by atoms with van der Waals surface area (Å²) in [6.45, 7) is 38.3. The maximum Gasteiger partial charge on any atom is 0.262 e. The molecule has 1 N–H and O–H groups in total. The lowest BCUT2D eigenvalue weighted by Crippen LogP contribution is -2.68. The van der Waals surface area contributed by atoms with Gasteiger partial charge in [0.2, 0.25) is 5.91 Å². The monoisotopic (exact) mass is 966 g/mol. The highest BCUT2D eigenvalue weighted by atomic mass is 28.4. The van der Waals surface area contributed by atoms with E-state index in [1.54, 1.807) is 0 Å². The van der Waals surface area contributed by atoms with E-state index < -0.39 is 43.0 Å². The Morgan fingerprint density at radius 1 is 0.642 bits per heavy atom. The Morgan fingerprint density at radius 2 is 1.10 bits per heavy atom. The zero-order valence-electron chi connectivity index (χ0n) is 44.4. The van der Waals surface area contributed by atoms with Crippen molar-refractivity contribution in [2.24, 2.45) is 5.92 Å². The van der Waals surface area contributed by atoms with Crippen molar-refractivity contribution in [1.82, 2.24) is 5.32 Å². The van der Waals surface area contributed by atoms with Gasteiger partial charge < -0.3 is 28.1 Å². The van der Waals surface area contributed by atoms with Gasteiger partial charge in [-0.2, -0.15) is 0 Å². The highest BCUT2D eigenvalue weighted by Gasteiger charge is 2.52. The van der Waals surface area contributed by atoms with Gasteiger partial charge in [-0.15, -0.1) is 0 Å². The van der Waals surface area contributed by atoms with E-state index in [1.807, 2.05) is 81.4 Å². The van der Waals surface area contributed by atoms with E-state index >= 15 is 0 Å². The molecule has 0 fully saturated rings. The topological polar surface area (TPSA) is 83.1 Å². The fraction of sp³-hybridized carbons (Fsp3) is 0.509. The molecule has 0 saturated carbocycles. The molecular weight excluding hydrogens is 879 g/mol. The summed E-state index contributed by atoms with van der Waals surface area (Å²) in [5.74, 6) is -0.729. The van der Waals surface area contributed by atoms with Crippen LogP contribution in [0.3, 0.4) is 0 Å². The van der Waals surface area contributed by atoms with Crippen LogP contribution in [0, 0.1) is 5.92 Å². The third-order valence-corrected chi connectivity index (χ3v) is 27.8. The number of hydrogen-bond acceptors (Lipinski definition) is 6. The van der Waals surface area contributed by atoms with Crippen molar-refractivity contribution >= 4 is 47.5 Å². The lowest BCUT2D eigenvalue weighted by atomic mass is 10.00. The molecule has 0 aliphatic heterocycles. The molecule has 0 unspecified atom stereocenters. The number of hydrogen-bond donors (Lipinski definition) is 1. The first-order valence-corrected chi connectivity index (χ1v) is 32.1. The highest BCUT2D eigenvalue weighted by molar-refractivity contribution is 6.99. The summed E-state index contributed by atoms with van der Waals surface area (Å²) in [7, 11) is -7.22. The molecule has 5 atom stereocenters. The number of aldehydes is 1. The van der Waals surface area contributed by atoms with Crippen LogP contribution in [0.1, 0.15) is 108 Å². The lowest BCUT2D eigenvalue weighted by Gasteiger charge is -2.44. The molecule has 3 rings (SSSR count). The number of allylic oxidation sites excluding steroid dienone is 4. The minimum Gasteiger partial charge on any atom is -0.410 e. The maximum absolute atomic E-state index is 14.2. The summed E-state index contributed by atoms with van der Waals surface area (Å²) in [4.78, 5) is 26.5. The van der Waals surface area contributed by atoms with Crippen molar-refractivity contribution in [3.63, 3.8) is 0 Å². The predicted octanol–water partition coefficient (Wildman–Crippen LogP) is 13.1. The predicted molar refractivity (Wildman–Crippen MR) is 291 cm³/mol. The van der Waals surface area contributed by atoms with Gasteiger partial charge in [-0.25, -0.2) is 0 Å². The van der Waals surface area contributed by atoms with Gasteiger partial charge in [0.25, 0.3) is 8.32 Å². The molecule has 0 bridgehead atoms. The van der Waals surface area contributed by atoms with Gasteiger partial charge in [-0.3, -0.25) is 4.79 Å². The fourth-order valence-electron chi connectivity index (χ4n) is 7.36. The van der Waals surface area contributed by atoms with Gasteiger partial charge in [-0.1, -0.05) is 208 Å².